The van der Waals surface area contributed by atoms with Crippen LogP contribution in [0.4, 0.5) is 22.0 Å². The predicted molar refractivity (Wildman–Crippen MR) is 66.1 cm³/mol. The molecule has 1 rings (SSSR count). The van der Waals surface area contributed by atoms with Gasteiger partial charge in [0.25, 0.3) is 0 Å². The number of alkyl halides is 6. The van der Waals surface area contributed by atoms with Crippen molar-refractivity contribution in [2.45, 2.75) is 25.4 Å². The van der Waals surface area contributed by atoms with E-state index < -0.39 is 40.2 Å². The molecule has 1 heterocycles. The summed E-state index contributed by atoms with van der Waals surface area (Å²) >= 11 is 4.71. The molecule has 0 saturated heterocycles. The largest absolute Gasteiger partial charge is 0.493 e. The van der Waals surface area contributed by atoms with Gasteiger partial charge in [-0.25, -0.2) is 9.78 Å². The lowest BCUT2D eigenvalue weighted by molar-refractivity contribution is -0.142. The summed E-state index contributed by atoms with van der Waals surface area (Å²) in [6.45, 7) is 2.40. The van der Waals surface area contributed by atoms with Crippen LogP contribution >= 0.6 is 11.6 Å². The normalized spacial score (nSPS) is 12.2. The molecule has 1 aromatic heterocycles. The second-order valence-electron chi connectivity index (χ2n) is 3.88. The molecule has 0 amide bonds. The Morgan fingerprint density at radius 1 is 1.23 bits per heavy atom. The number of rotatable bonds is 5. The Morgan fingerprint density at radius 2 is 1.82 bits per heavy atom. The molecule has 0 N–H and O–H groups in total. The van der Waals surface area contributed by atoms with Crippen LogP contribution in [-0.4, -0.2) is 24.2 Å². The molecule has 124 valence electrons. The molecule has 0 aliphatic rings. The van der Waals surface area contributed by atoms with E-state index in [1.54, 1.807) is 0 Å². The summed E-state index contributed by atoms with van der Waals surface area (Å²) in [6.07, 6.45) is -5.17. The maximum atomic E-state index is 13.1. The van der Waals surface area contributed by atoms with E-state index >= 15 is 0 Å². The van der Waals surface area contributed by atoms with Crippen molar-refractivity contribution < 1.29 is 36.2 Å². The van der Waals surface area contributed by atoms with Crippen LogP contribution in [0.3, 0.4) is 0 Å². The van der Waals surface area contributed by atoms with Crippen molar-refractivity contribution in [1.82, 2.24) is 4.98 Å². The summed E-state index contributed by atoms with van der Waals surface area (Å²) in [5, 5.41) is -4.15. The highest BCUT2D eigenvalue weighted by molar-refractivity contribution is 6.21. The monoisotopic (exact) mass is 347 g/mol. The number of hydrogen-bond acceptors (Lipinski definition) is 4. The Bertz CT molecular complexity index is 557. The summed E-state index contributed by atoms with van der Waals surface area (Å²) < 4.78 is 74.6. The summed E-state index contributed by atoms with van der Waals surface area (Å²) in [5.41, 5.74) is -4.29. The highest BCUT2D eigenvalue weighted by Crippen LogP contribution is 2.40. The van der Waals surface area contributed by atoms with Crippen molar-refractivity contribution in [2.75, 3.05) is 13.2 Å². The number of carbonyl (C=O) groups is 1. The van der Waals surface area contributed by atoms with Crippen molar-refractivity contribution in [3.05, 3.63) is 23.0 Å². The first-order valence-electron chi connectivity index (χ1n) is 6.01. The van der Waals surface area contributed by atoms with E-state index in [-0.39, 0.29) is 13.2 Å². The Kier molecular flexibility index (Phi) is 5.55. The molecule has 0 bridgehead atoms. The summed E-state index contributed by atoms with van der Waals surface area (Å²) in [7, 11) is 0. The molecule has 0 unspecified atom stereocenters. The molecule has 22 heavy (non-hydrogen) atoms. The smallest absolute Gasteiger partial charge is 0.434 e. The topological polar surface area (TPSA) is 48.4 Å². The van der Waals surface area contributed by atoms with E-state index in [2.05, 4.69) is 9.72 Å². The molecule has 0 spiro atoms. The fourth-order valence-corrected chi connectivity index (χ4v) is 1.64. The molecular weight excluding hydrogens is 337 g/mol. The molecular formula is C12H11ClF5NO3. The van der Waals surface area contributed by atoms with Gasteiger partial charge in [-0.15, -0.1) is 0 Å². The van der Waals surface area contributed by atoms with Crippen LogP contribution in [0.1, 0.15) is 35.6 Å². The molecule has 10 heteroatoms. The molecule has 1 aromatic rings. The van der Waals surface area contributed by atoms with Gasteiger partial charge in [0, 0.05) is 6.07 Å². The SMILES string of the molecule is CCOC(=O)c1c(OCC)cc(C(F)(F)Cl)nc1C(F)(F)F. The third-order valence-electron chi connectivity index (χ3n) is 2.32. The number of pyridine rings is 1. The van der Waals surface area contributed by atoms with Crippen LogP contribution in [-0.2, 0) is 16.3 Å². The summed E-state index contributed by atoms with van der Waals surface area (Å²) in [4.78, 5) is 14.5. The van der Waals surface area contributed by atoms with Crippen LogP contribution in [0.2, 0.25) is 0 Å². The summed E-state index contributed by atoms with van der Waals surface area (Å²) in [5.74, 6) is -2.10. The van der Waals surface area contributed by atoms with E-state index in [9.17, 15) is 26.7 Å². The molecule has 0 aliphatic heterocycles. The first-order valence-corrected chi connectivity index (χ1v) is 6.39. The maximum Gasteiger partial charge on any atom is 0.434 e. The first-order chi connectivity index (χ1) is 10.0. The van der Waals surface area contributed by atoms with Crippen molar-refractivity contribution in [3.63, 3.8) is 0 Å². The number of aromatic nitrogens is 1. The molecule has 0 radical (unpaired) electrons. The second kappa shape index (κ2) is 6.64. The highest BCUT2D eigenvalue weighted by atomic mass is 35.5. The zero-order chi connectivity index (χ0) is 17.1. The van der Waals surface area contributed by atoms with Gasteiger partial charge in [-0.2, -0.15) is 22.0 Å². The molecule has 0 aromatic carbocycles. The Balaban J connectivity index is 3.66. The van der Waals surface area contributed by atoms with Gasteiger partial charge in [0.15, 0.2) is 5.69 Å². The van der Waals surface area contributed by atoms with Gasteiger partial charge < -0.3 is 9.47 Å². The molecule has 4 nitrogen and oxygen atoms in total. The lowest BCUT2D eigenvalue weighted by Gasteiger charge is -2.18. The number of hydrogen-bond donors (Lipinski definition) is 0. The quantitative estimate of drug-likeness (QED) is 0.459. The van der Waals surface area contributed by atoms with E-state index in [1.807, 2.05) is 0 Å². The lowest BCUT2D eigenvalue weighted by atomic mass is 10.1. The van der Waals surface area contributed by atoms with E-state index in [0.717, 1.165) is 0 Å². The fourth-order valence-electron chi connectivity index (χ4n) is 1.54. The van der Waals surface area contributed by atoms with E-state index in [0.29, 0.717) is 6.07 Å². The van der Waals surface area contributed by atoms with Gasteiger partial charge >= 0.3 is 17.5 Å². The third kappa shape index (κ3) is 4.19. The lowest BCUT2D eigenvalue weighted by Crippen LogP contribution is -2.22. The maximum absolute atomic E-state index is 13.1. The third-order valence-corrected chi connectivity index (χ3v) is 2.52. The average molecular weight is 348 g/mol. The number of halogens is 6. The van der Waals surface area contributed by atoms with Crippen molar-refractivity contribution in [3.8, 4) is 5.75 Å². The molecule has 0 aliphatic carbocycles. The Labute approximate surface area is 127 Å². The fraction of sp³-hybridized carbons (Fsp3) is 0.500. The zero-order valence-corrected chi connectivity index (χ0v) is 12.2. The van der Waals surface area contributed by atoms with Crippen molar-refractivity contribution in [1.29, 1.82) is 0 Å². The standard InChI is InChI=1S/C12H11ClF5NO3/c1-3-21-6-5-7(11(13,14)15)19-9(12(16,17)18)8(6)10(20)22-4-2/h5H,3-4H2,1-2H3. The van der Waals surface area contributed by atoms with Gasteiger partial charge in [-0.1, -0.05) is 0 Å². The highest BCUT2D eigenvalue weighted by Gasteiger charge is 2.43. The van der Waals surface area contributed by atoms with Crippen molar-refractivity contribution in [2.24, 2.45) is 0 Å². The minimum Gasteiger partial charge on any atom is -0.493 e. The molecule has 0 saturated carbocycles. The number of esters is 1. The van der Waals surface area contributed by atoms with Crippen LogP contribution in [0.25, 0.3) is 0 Å². The summed E-state index contributed by atoms with van der Waals surface area (Å²) in [6, 6.07) is 0.484. The molecule has 0 atom stereocenters. The number of nitrogens with zero attached hydrogens (tertiary/aromatic N) is 1. The van der Waals surface area contributed by atoms with E-state index in [1.165, 1.54) is 13.8 Å². The van der Waals surface area contributed by atoms with Crippen LogP contribution in [0.15, 0.2) is 6.07 Å². The first kappa shape index (κ1) is 18.4. The van der Waals surface area contributed by atoms with Crippen LogP contribution in [0.5, 0.6) is 5.75 Å². The van der Waals surface area contributed by atoms with Gasteiger partial charge in [0.05, 0.1) is 13.2 Å². The number of carbonyl (C=O) groups excluding carboxylic acids is 1. The molecule has 0 fully saturated rings. The minimum absolute atomic E-state index is 0.166. The van der Waals surface area contributed by atoms with Gasteiger partial charge in [-0.05, 0) is 25.4 Å². The zero-order valence-electron chi connectivity index (χ0n) is 11.4. The van der Waals surface area contributed by atoms with Crippen LogP contribution in [0, 0.1) is 0 Å². The predicted octanol–water partition coefficient (Wildman–Crippen LogP) is 3.96. The minimum atomic E-state index is -5.17. The average Bonchev–Trinajstić information content (AvgIpc) is 2.36. The Morgan fingerprint density at radius 3 is 2.23 bits per heavy atom. The van der Waals surface area contributed by atoms with Gasteiger partial charge in [0.2, 0.25) is 0 Å². The van der Waals surface area contributed by atoms with E-state index in [4.69, 9.17) is 16.3 Å². The van der Waals surface area contributed by atoms with Gasteiger partial charge in [-0.3, -0.25) is 0 Å². The van der Waals surface area contributed by atoms with Gasteiger partial charge in [0.1, 0.15) is 17.0 Å². The number of ether oxygens (including phenoxy) is 2. The second-order valence-corrected chi connectivity index (χ2v) is 4.35. The van der Waals surface area contributed by atoms with Crippen molar-refractivity contribution >= 4 is 17.6 Å². The van der Waals surface area contributed by atoms with Crippen LogP contribution < -0.4 is 4.74 Å². The Hall–Kier alpha value is -1.64.